The molecular formula is C21H21FN4O2. The van der Waals surface area contributed by atoms with Gasteiger partial charge in [-0.3, -0.25) is 4.90 Å². The Hall–Kier alpha value is -3.35. The number of pyridine rings is 1. The summed E-state index contributed by atoms with van der Waals surface area (Å²) >= 11 is 0. The lowest BCUT2D eigenvalue weighted by Crippen LogP contribution is -2.46. The highest BCUT2D eigenvalue weighted by Crippen LogP contribution is 2.45. The molecule has 1 aromatic heterocycles. The van der Waals surface area contributed by atoms with Crippen molar-refractivity contribution in [2.45, 2.75) is 31.9 Å². The minimum absolute atomic E-state index is 0.346. The molecule has 1 aliphatic rings. The highest BCUT2D eigenvalue weighted by molar-refractivity contribution is 6.03. The normalized spacial score (nSPS) is 17.6. The van der Waals surface area contributed by atoms with E-state index < -0.39 is 23.5 Å². The van der Waals surface area contributed by atoms with Crippen LogP contribution in [0.25, 0.3) is 10.8 Å². The zero-order valence-electron chi connectivity index (χ0n) is 15.6. The fourth-order valence-corrected chi connectivity index (χ4v) is 3.84. The molecule has 0 aliphatic carbocycles. The molecule has 144 valence electrons. The second-order valence-corrected chi connectivity index (χ2v) is 7.58. The third-order valence-electron chi connectivity index (χ3n) is 4.98. The Morgan fingerprint density at radius 1 is 1.29 bits per heavy atom. The van der Waals surface area contributed by atoms with Gasteiger partial charge in [0.1, 0.15) is 23.0 Å². The van der Waals surface area contributed by atoms with E-state index >= 15 is 0 Å². The molecule has 0 fully saturated rings. The van der Waals surface area contributed by atoms with Gasteiger partial charge in [-0.25, -0.2) is 14.2 Å². The van der Waals surface area contributed by atoms with Crippen LogP contribution in [0.2, 0.25) is 0 Å². The van der Waals surface area contributed by atoms with Crippen molar-refractivity contribution in [2.75, 3.05) is 10.6 Å². The predicted molar refractivity (Wildman–Crippen MR) is 107 cm³/mol. The minimum Gasteiger partial charge on any atom is -0.487 e. The molecule has 0 bridgehead atoms. The van der Waals surface area contributed by atoms with E-state index in [1.165, 1.54) is 17.0 Å². The molecular weight excluding hydrogens is 359 g/mol. The number of primary amides is 1. The van der Waals surface area contributed by atoms with Gasteiger partial charge in [-0.05, 0) is 32.0 Å². The molecule has 2 heterocycles. The maximum atomic E-state index is 13.8. The molecule has 0 saturated carbocycles. The topological polar surface area (TPSA) is 94.5 Å². The van der Waals surface area contributed by atoms with E-state index in [4.69, 9.17) is 16.2 Å². The van der Waals surface area contributed by atoms with Crippen molar-refractivity contribution in [3.05, 3.63) is 60.0 Å². The number of carbonyl (C=O) groups excluding carboxylic acids is 1. The maximum absolute atomic E-state index is 13.8. The first-order valence-corrected chi connectivity index (χ1v) is 8.96. The number of fused-ring (bicyclic) bond motifs is 2. The number of aromatic nitrogens is 1. The second kappa shape index (κ2) is 6.37. The van der Waals surface area contributed by atoms with Crippen molar-refractivity contribution in [1.29, 1.82) is 0 Å². The van der Waals surface area contributed by atoms with Crippen LogP contribution in [0.4, 0.5) is 20.7 Å². The van der Waals surface area contributed by atoms with Crippen LogP contribution in [0, 0.1) is 5.82 Å². The van der Waals surface area contributed by atoms with Crippen LogP contribution in [0.1, 0.15) is 31.9 Å². The molecule has 4 N–H and O–H groups in total. The van der Waals surface area contributed by atoms with Crippen LogP contribution < -0.4 is 21.1 Å². The summed E-state index contributed by atoms with van der Waals surface area (Å²) in [5, 5.41) is 1.60. The molecule has 3 aromatic rings. The van der Waals surface area contributed by atoms with Crippen LogP contribution in [0.15, 0.2) is 48.7 Å². The lowest BCUT2D eigenvalue weighted by molar-refractivity contribution is 0.0719. The molecule has 0 saturated heterocycles. The van der Waals surface area contributed by atoms with Crippen molar-refractivity contribution in [3.63, 3.8) is 0 Å². The number of anilines is 2. The second-order valence-electron chi connectivity index (χ2n) is 7.58. The molecule has 0 spiro atoms. The van der Waals surface area contributed by atoms with Gasteiger partial charge in [0.15, 0.2) is 0 Å². The third-order valence-corrected chi connectivity index (χ3v) is 4.98. The third kappa shape index (κ3) is 3.09. The summed E-state index contributed by atoms with van der Waals surface area (Å²) in [6.07, 6.45) is 2.15. The van der Waals surface area contributed by atoms with Gasteiger partial charge in [-0.15, -0.1) is 0 Å². The smallest absolute Gasteiger partial charge is 0.319 e. The van der Waals surface area contributed by atoms with E-state index in [0.717, 1.165) is 10.8 Å². The van der Waals surface area contributed by atoms with Gasteiger partial charge in [0, 0.05) is 35.0 Å². The number of hydrogen-bond donors (Lipinski definition) is 2. The van der Waals surface area contributed by atoms with E-state index in [-0.39, 0.29) is 0 Å². The number of carbonyl (C=O) groups is 1. The monoisotopic (exact) mass is 380 g/mol. The predicted octanol–water partition coefficient (Wildman–Crippen LogP) is 4.14. The maximum Gasteiger partial charge on any atom is 0.319 e. The van der Waals surface area contributed by atoms with E-state index in [0.29, 0.717) is 29.2 Å². The molecule has 28 heavy (non-hydrogen) atoms. The van der Waals surface area contributed by atoms with Crippen molar-refractivity contribution in [3.8, 4) is 5.75 Å². The summed E-state index contributed by atoms with van der Waals surface area (Å²) in [6.45, 7) is 3.80. The van der Waals surface area contributed by atoms with Gasteiger partial charge < -0.3 is 16.2 Å². The zero-order chi connectivity index (χ0) is 20.1. The lowest BCUT2D eigenvalue weighted by Gasteiger charge is -2.42. The van der Waals surface area contributed by atoms with E-state index in [1.54, 1.807) is 18.3 Å². The van der Waals surface area contributed by atoms with Crippen LogP contribution in [0.3, 0.4) is 0 Å². The first-order valence-electron chi connectivity index (χ1n) is 8.96. The number of rotatable bonds is 2. The largest absolute Gasteiger partial charge is 0.487 e. The summed E-state index contributed by atoms with van der Waals surface area (Å²) in [4.78, 5) is 18.2. The highest BCUT2D eigenvalue weighted by atomic mass is 19.1. The standard InChI is InChI=1S/C21H21FN4O2/c1-21(2)10-17(14-7-6-13(22)8-18(14)28-21)26(20(24)27)16-5-3-4-12-11-25-19(23)9-15(12)16/h3-9,11,17H,10H2,1-2H3,(H2,23,25)(H2,24,27)/t17-/m1/s1. The van der Waals surface area contributed by atoms with Gasteiger partial charge >= 0.3 is 6.03 Å². The first-order chi connectivity index (χ1) is 13.2. The quantitative estimate of drug-likeness (QED) is 0.698. The minimum atomic E-state index is -0.610. The number of amides is 2. The number of halogens is 1. The number of nitrogens with zero attached hydrogens (tertiary/aromatic N) is 2. The number of nitrogens with two attached hydrogens (primary N) is 2. The molecule has 2 aromatic carbocycles. The molecule has 2 amide bonds. The van der Waals surface area contributed by atoms with Crippen LogP contribution in [-0.2, 0) is 0 Å². The van der Waals surface area contributed by atoms with Gasteiger partial charge in [0.2, 0.25) is 0 Å². The van der Waals surface area contributed by atoms with E-state index in [2.05, 4.69) is 4.98 Å². The molecule has 1 aliphatic heterocycles. The average Bonchev–Trinajstić information content (AvgIpc) is 2.60. The number of nitrogen functional groups attached to an aromatic ring is 1. The van der Waals surface area contributed by atoms with Gasteiger partial charge in [-0.1, -0.05) is 18.2 Å². The summed E-state index contributed by atoms with van der Waals surface area (Å²) in [5.41, 5.74) is 12.4. The highest BCUT2D eigenvalue weighted by Gasteiger charge is 2.39. The molecule has 0 unspecified atom stereocenters. The van der Waals surface area contributed by atoms with Crippen molar-refractivity contribution >= 4 is 28.3 Å². The lowest BCUT2D eigenvalue weighted by atomic mass is 9.88. The Morgan fingerprint density at radius 3 is 2.82 bits per heavy atom. The Labute approximate surface area is 161 Å². The SMILES string of the molecule is CC1(C)C[C@@H](N(C(N)=O)c2cccc3cnc(N)cc23)c2ccc(F)cc2O1. The van der Waals surface area contributed by atoms with Crippen LogP contribution in [0.5, 0.6) is 5.75 Å². The van der Waals surface area contributed by atoms with Crippen LogP contribution in [-0.4, -0.2) is 16.6 Å². The van der Waals surface area contributed by atoms with Crippen molar-refractivity contribution in [1.82, 2.24) is 4.98 Å². The van der Waals surface area contributed by atoms with E-state index in [1.807, 2.05) is 32.0 Å². The average molecular weight is 380 g/mol. The Morgan fingerprint density at radius 2 is 2.07 bits per heavy atom. The first kappa shape index (κ1) is 18.0. The molecule has 0 radical (unpaired) electrons. The number of urea groups is 1. The molecule has 7 heteroatoms. The molecule has 6 nitrogen and oxygen atoms in total. The van der Waals surface area contributed by atoms with Gasteiger partial charge in [0.25, 0.3) is 0 Å². The molecule has 4 rings (SSSR count). The van der Waals surface area contributed by atoms with E-state index in [9.17, 15) is 9.18 Å². The Bertz CT molecular complexity index is 1080. The fraction of sp³-hybridized carbons (Fsp3) is 0.238. The summed E-state index contributed by atoms with van der Waals surface area (Å²) in [6, 6.07) is 10.6. The summed E-state index contributed by atoms with van der Waals surface area (Å²) in [5.74, 6) is 0.359. The summed E-state index contributed by atoms with van der Waals surface area (Å²) in [7, 11) is 0. The summed E-state index contributed by atoms with van der Waals surface area (Å²) < 4.78 is 19.8. The van der Waals surface area contributed by atoms with Crippen molar-refractivity contribution < 1.29 is 13.9 Å². The number of ether oxygens (including phenoxy) is 1. The zero-order valence-corrected chi connectivity index (χ0v) is 15.6. The molecule has 1 atom stereocenters. The van der Waals surface area contributed by atoms with Gasteiger partial charge in [-0.2, -0.15) is 0 Å². The fourth-order valence-electron chi connectivity index (χ4n) is 3.84. The Balaban J connectivity index is 1.93. The van der Waals surface area contributed by atoms with Crippen LogP contribution >= 0.6 is 0 Å². The van der Waals surface area contributed by atoms with Gasteiger partial charge in [0.05, 0.1) is 11.7 Å². The number of benzene rings is 2. The number of hydrogen-bond acceptors (Lipinski definition) is 4. The Kier molecular flexibility index (Phi) is 4.10. The van der Waals surface area contributed by atoms with Crippen molar-refractivity contribution in [2.24, 2.45) is 5.73 Å².